The fourth-order valence-electron chi connectivity index (χ4n) is 1.97. The Kier molecular flexibility index (Phi) is 4.11. The maximum Gasteiger partial charge on any atom is 0.131 e. The summed E-state index contributed by atoms with van der Waals surface area (Å²) >= 11 is 0. The highest BCUT2D eigenvalue weighted by Crippen LogP contribution is 2.24. The standard InChI is InChI=1S/C16H17FN/c1-2-3-12-6-9-16(17)15(10-12)14-7-4-13(11-18)5-8-14/h4-10H,1-3,11,18H2. The summed E-state index contributed by atoms with van der Waals surface area (Å²) in [5, 5.41) is 0. The predicted molar refractivity (Wildman–Crippen MR) is 73.4 cm³/mol. The van der Waals surface area contributed by atoms with Gasteiger partial charge in [0.25, 0.3) is 0 Å². The Bertz CT molecular complexity index is 517. The molecule has 1 nitrogen and oxygen atoms in total. The Balaban J connectivity index is 2.38. The lowest BCUT2D eigenvalue weighted by Crippen LogP contribution is -1.95. The van der Waals surface area contributed by atoms with Crippen molar-refractivity contribution in [1.29, 1.82) is 0 Å². The molecule has 0 saturated carbocycles. The number of rotatable bonds is 4. The van der Waals surface area contributed by atoms with E-state index in [-0.39, 0.29) is 5.82 Å². The van der Waals surface area contributed by atoms with Gasteiger partial charge in [-0.1, -0.05) is 37.3 Å². The first kappa shape index (κ1) is 12.8. The van der Waals surface area contributed by atoms with Crippen molar-refractivity contribution in [2.24, 2.45) is 5.73 Å². The molecule has 0 aromatic heterocycles. The molecule has 18 heavy (non-hydrogen) atoms. The van der Waals surface area contributed by atoms with E-state index in [0.717, 1.165) is 29.5 Å². The van der Waals surface area contributed by atoms with E-state index in [1.54, 1.807) is 0 Å². The van der Waals surface area contributed by atoms with E-state index in [1.165, 1.54) is 6.07 Å². The topological polar surface area (TPSA) is 26.0 Å². The van der Waals surface area contributed by atoms with Gasteiger partial charge in [-0.2, -0.15) is 0 Å². The molecule has 0 aliphatic rings. The van der Waals surface area contributed by atoms with Crippen molar-refractivity contribution in [1.82, 2.24) is 0 Å². The van der Waals surface area contributed by atoms with E-state index in [9.17, 15) is 4.39 Å². The summed E-state index contributed by atoms with van der Waals surface area (Å²) in [5.41, 5.74) is 9.24. The van der Waals surface area contributed by atoms with E-state index in [1.807, 2.05) is 36.4 Å². The molecule has 0 saturated heterocycles. The quantitative estimate of drug-likeness (QED) is 0.868. The van der Waals surface area contributed by atoms with Crippen LogP contribution in [0.25, 0.3) is 11.1 Å². The maximum absolute atomic E-state index is 13.8. The van der Waals surface area contributed by atoms with E-state index >= 15 is 0 Å². The molecule has 2 aromatic carbocycles. The Labute approximate surface area is 107 Å². The number of aryl methyl sites for hydroxylation is 1. The zero-order valence-corrected chi connectivity index (χ0v) is 10.3. The minimum Gasteiger partial charge on any atom is -0.326 e. The van der Waals surface area contributed by atoms with Crippen LogP contribution in [0.5, 0.6) is 0 Å². The number of hydrogen-bond acceptors (Lipinski definition) is 1. The molecule has 0 atom stereocenters. The largest absolute Gasteiger partial charge is 0.326 e. The average molecular weight is 242 g/mol. The van der Waals surface area contributed by atoms with Crippen molar-refractivity contribution in [3.8, 4) is 11.1 Å². The summed E-state index contributed by atoms with van der Waals surface area (Å²) in [5.74, 6) is -0.191. The van der Waals surface area contributed by atoms with Gasteiger partial charge in [0.05, 0.1) is 0 Å². The molecule has 0 amide bonds. The zero-order chi connectivity index (χ0) is 13.0. The molecule has 0 aliphatic carbocycles. The van der Waals surface area contributed by atoms with Crippen molar-refractivity contribution in [2.75, 3.05) is 0 Å². The summed E-state index contributed by atoms with van der Waals surface area (Å²) in [6.07, 6.45) is 1.69. The summed E-state index contributed by atoms with van der Waals surface area (Å²) in [6, 6.07) is 12.9. The summed E-state index contributed by atoms with van der Waals surface area (Å²) < 4.78 is 13.8. The van der Waals surface area contributed by atoms with Crippen LogP contribution in [0.1, 0.15) is 17.5 Å². The van der Waals surface area contributed by atoms with Gasteiger partial charge in [0.2, 0.25) is 0 Å². The summed E-state index contributed by atoms with van der Waals surface area (Å²) in [6.45, 7) is 4.33. The molecule has 0 spiro atoms. The first-order valence-electron chi connectivity index (χ1n) is 6.11. The smallest absolute Gasteiger partial charge is 0.131 e. The minimum atomic E-state index is -0.191. The van der Waals surface area contributed by atoms with Crippen molar-refractivity contribution in [2.45, 2.75) is 19.4 Å². The highest BCUT2D eigenvalue weighted by molar-refractivity contribution is 5.65. The van der Waals surface area contributed by atoms with Crippen LogP contribution in [0, 0.1) is 12.7 Å². The number of nitrogens with two attached hydrogens (primary N) is 1. The van der Waals surface area contributed by atoms with Crippen LogP contribution >= 0.6 is 0 Å². The molecule has 93 valence electrons. The Morgan fingerprint density at radius 3 is 2.28 bits per heavy atom. The highest BCUT2D eigenvalue weighted by atomic mass is 19.1. The molecular formula is C16H17FN. The van der Waals surface area contributed by atoms with E-state index in [4.69, 9.17) is 5.73 Å². The summed E-state index contributed by atoms with van der Waals surface area (Å²) in [4.78, 5) is 0. The van der Waals surface area contributed by atoms with Gasteiger partial charge >= 0.3 is 0 Å². The SMILES string of the molecule is [CH2]CCc1ccc(F)c(-c2ccc(CN)cc2)c1. The van der Waals surface area contributed by atoms with Crippen LogP contribution in [-0.2, 0) is 13.0 Å². The second-order valence-corrected chi connectivity index (χ2v) is 4.32. The van der Waals surface area contributed by atoms with Gasteiger partial charge in [0.15, 0.2) is 0 Å². The van der Waals surface area contributed by atoms with Crippen LogP contribution in [0.2, 0.25) is 0 Å². The Morgan fingerprint density at radius 2 is 1.67 bits per heavy atom. The zero-order valence-electron chi connectivity index (χ0n) is 10.3. The first-order chi connectivity index (χ1) is 8.74. The maximum atomic E-state index is 13.8. The summed E-state index contributed by atoms with van der Waals surface area (Å²) in [7, 11) is 0. The third kappa shape index (κ3) is 2.77. The molecule has 2 N–H and O–H groups in total. The molecular weight excluding hydrogens is 225 g/mol. The lowest BCUT2D eigenvalue weighted by atomic mass is 9.99. The number of benzene rings is 2. The number of hydrogen-bond donors (Lipinski definition) is 1. The van der Waals surface area contributed by atoms with E-state index in [2.05, 4.69) is 6.92 Å². The van der Waals surface area contributed by atoms with Crippen LogP contribution in [0.3, 0.4) is 0 Å². The third-order valence-electron chi connectivity index (χ3n) is 3.00. The molecule has 0 unspecified atom stereocenters. The average Bonchev–Trinajstić information content (AvgIpc) is 2.41. The molecule has 1 radical (unpaired) electrons. The van der Waals surface area contributed by atoms with Crippen molar-refractivity contribution in [3.05, 3.63) is 66.3 Å². The van der Waals surface area contributed by atoms with Crippen LogP contribution in [0.4, 0.5) is 4.39 Å². The predicted octanol–water partition coefficient (Wildman–Crippen LogP) is 3.72. The lowest BCUT2D eigenvalue weighted by Gasteiger charge is -2.07. The van der Waals surface area contributed by atoms with Gasteiger partial charge in [-0.3, -0.25) is 0 Å². The van der Waals surface area contributed by atoms with Gasteiger partial charge in [-0.05, 0) is 41.7 Å². The van der Waals surface area contributed by atoms with Crippen LogP contribution in [0.15, 0.2) is 42.5 Å². The molecule has 0 fully saturated rings. The van der Waals surface area contributed by atoms with Gasteiger partial charge in [-0.25, -0.2) is 4.39 Å². The molecule has 0 aliphatic heterocycles. The normalized spacial score (nSPS) is 10.6. The molecule has 2 rings (SSSR count). The molecule has 2 aromatic rings. The lowest BCUT2D eigenvalue weighted by molar-refractivity contribution is 0.630. The molecule has 0 heterocycles. The fourth-order valence-corrected chi connectivity index (χ4v) is 1.97. The number of halogens is 1. The van der Waals surface area contributed by atoms with Crippen molar-refractivity contribution < 1.29 is 4.39 Å². The van der Waals surface area contributed by atoms with Gasteiger partial charge in [0, 0.05) is 12.1 Å². The third-order valence-corrected chi connectivity index (χ3v) is 3.00. The highest BCUT2D eigenvalue weighted by Gasteiger charge is 2.06. The molecule has 0 bridgehead atoms. The Morgan fingerprint density at radius 1 is 1.00 bits per heavy atom. The van der Waals surface area contributed by atoms with Crippen LogP contribution in [-0.4, -0.2) is 0 Å². The minimum absolute atomic E-state index is 0.191. The van der Waals surface area contributed by atoms with Gasteiger partial charge in [-0.15, -0.1) is 0 Å². The Hall–Kier alpha value is -1.67. The second kappa shape index (κ2) is 5.78. The molecule has 2 heteroatoms. The fraction of sp³-hybridized carbons (Fsp3) is 0.188. The monoisotopic (exact) mass is 242 g/mol. The van der Waals surface area contributed by atoms with E-state index < -0.39 is 0 Å². The van der Waals surface area contributed by atoms with Crippen LogP contribution < -0.4 is 5.73 Å². The van der Waals surface area contributed by atoms with E-state index in [0.29, 0.717) is 12.1 Å². The van der Waals surface area contributed by atoms with Gasteiger partial charge < -0.3 is 5.73 Å². The first-order valence-corrected chi connectivity index (χ1v) is 6.11. The van der Waals surface area contributed by atoms with Crippen molar-refractivity contribution in [3.63, 3.8) is 0 Å². The second-order valence-electron chi connectivity index (χ2n) is 4.32. The van der Waals surface area contributed by atoms with Gasteiger partial charge in [0.1, 0.15) is 5.82 Å². The van der Waals surface area contributed by atoms with Crippen molar-refractivity contribution >= 4 is 0 Å².